The van der Waals surface area contributed by atoms with Crippen LogP contribution in [0.15, 0.2) is 53.0 Å². The largest absolute Gasteiger partial charge is 0.331 e. The van der Waals surface area contributed by atoms with Crippen LogP contribution in [0.25, 0.3) is 0 Å². The van der Waals surface area contributed by atoms with E-state index in [2.05, 4.69) is 32.1 Å². The summed E-state index contributed by atoms with van der Waals surface area (Å²) < 4.78 is 13.7. The molecule has 0 saturated heterocycles. The maximum atomic E-state index is 12.7. The van der Waals surface area contributed by atoms with Crippen molar-refractivity contribution in [3.05, 3.63) is 58.8 Å². The van der Waals surface area contributed by atoms with Crippen LogP contribution >= 0.6 is 28.1 Å². The van der Waals surface area contributed by atoms with E-state index in [1.807, 2.05) is 24.3 Å². The van der Waals surface area contributed by atoms with E-state index in [4.69, 9.17) is 12.2 Å². The molecule has 0 radical (unpaired) electrons. The Hall–Kier alpha value is -1.66. The van der Waals surface area contributed by atoms with Crippen LogP contribution in [-0.2, 0) is 0 Å². The van der Waals surface area contributed by atoms with Gasteiger partial charge in [-0.3, -0.25) is 10.9 Å². The Balaban J connectivity index is 1.86. The third kappa shape index (κ3) is 4.50. The molecule has 0 spiro atoms. The fraction of sp³-hybridized carbons (Fsp3) is 0. The number of halogens is 2. The Kier molecular flexibility index (Phi) is 4.70. The van der Waals surface area contributed by atoms with E-state index in [-0.39, 0.29) is 5.82 Å². The number of hydrogen-bond acceptors (Lipinski definition) is 2. The second-order valence-electron chi connectivity index (χ2n) is 3.72. The monoisotopic (exact) mass is 339 g/mol. The van der Waals surface area contributed by atoms with Gasteiger partial charge in [0.25, 0.3) is 0 Å². The van der Waals surface area contributed by atoms with Gasteiger partial charge in [0.15, 0.2) is 5.11 Å². The highest BCUT2D eigenvalue weighted by atomic mass is 79.9. The highest BCUT2D eigenvalue weighted by molar-refractivity contribution is 9.10. The molecule has 19 heavy (non-hydrogen) atoms. The zero-order chi connectivity index (χ0) is 13.7. The van der Waals surface area contributed by atoms with E-state index in [1.54, 1.807) is 12.1 Å². The first-order valence-electron chi connectivity index (χ1n) is 5.47. The number of anilines is 2. The first-order chi connectivity index (χ1) is 9.13. The number of hydrogen-bond donors (Lipinski definition) is 3. The maximum Gasteiger partial charge on any atom is 0.189 e. The molecule has 3 nitrogen and oxygen atoms in total. The Labute approximate surface area is 124 Å². The molecule has 0 aliphatic heterocycles. The van der Waals surface area contributed by atoms with E-state index < -0.39 is 0 Å². The van der Waals surface area contributed by atoms with Crippen molar-refractivity contribution >= 4 is 44.6 Å². The van der Waals surface area contributed by atoms with Crippen molar-refractivity contribution in [3.8, 4) is 0 Å². The van der Waals surface area contributed by atoms with Crippen LogP contribution in [0.3, 0.4) is 0 Å². The number of thiocarbonyl (C=S) groups is 1. The summed E-state index contributed by atoms with van der Waals surface area (Å²) in [4.78, 5) is 0. The summed E-state index contributed by atoms with van der Waals surface area (Å²) in [5.41, 5.74) is 7.28. The Morgan fingerprint density at radius 3 is 2.47 bits per heavy atom. The fourth-order valence-corrected chi connectivity index (χ4v) is 1.96. The first-order valence-corrected chi connectivity index (χ1v) is 6.68. The summed E-state index contributed by atoms with van der Waals surface area (Å²) in [7, 11) is 0. The van der Waals surface area contributed by atoms with Crippen molar-refractivity contribution in [1.29, 1.82) is 0 Å². The number of hydrazine groups is 1. The lowest BCUT2D eigenvalue weighted by Gasteiger charge is -2.12. The summed E-state index contributed by atoms with van der Waals surface area (Å²) in [6.07, 6.45) is 0. The highest BCUT2D eigenvalue weighted by Crippen LogP contribution is 2.15. The average molecular weight is 340 g/mol. The average Bonchev–Trinajstić information content (AvgIpc) is 2.38. The Morgan fingerprint density at radius 2 is 1.79 bits per heavy atom. The zero-order valence-electron chi connectivity index (χ0n) is 9.78. The summed E-state index contributed by atoms with van der Waals surface area (Å²) in [6.45, 7) is 0. The predicted molar refractivity (Wildman–Crippen MR) is 83.5 cm³/mol. The molecular weight excluding hydrogens is 329 g/mol. The third-order valence-electron chi connectivity index (χ3n) is 2.25. The van der Waals surface area contributed by atoms with Crippen LogP contribution < -0.4 is 16.2 Å². The van der Waals surface area contributed by atoms with Crippen LogP contribution in [-0.4, -0.2) is 5.11 Å². The molecule has 0 aliphatic carbocycles. The second kappa shape index (κ2) is 6.49. The van der Waals surface area contributed by atoms with Crippen molar-refractivity contribution in [3.63, 3.8) is 0 Å². The van der Waals surface area contributed by atoms with Crippen molar-refractivity contribution in [2.75, 3.05) is 10.7 Å². The molecule has 3 N–H and O–H groups in total. The first kappa shape index (κ1) is 13.8. The summed E-state index contributed by atoms with van der Waals surface area (Å²) in [5, 5.41) is 3.44. The van der Waals surface area contributed by atoms with Gasteiger partial charge in [-0.25, -0.2) is 4.39 Å². The van der Waals surface area contributed by atoms with Crippen LogP contribution in [0.4, 0.5) is 15.8 Å². The van der Waals surface area contributed by atoms with E-state index in [0.717, 1.165) is 15.8 Å². The summed E-state index contributed by atoms with van der Waals surface area (Å²) in [5.74, 6) is -0.277. The number of nitrogens with one attached hydrogen (secondary N) is 3. The van der Waals surface area contributed by atoms with Crippen LogP contribution in [0.1, 0.15) is 0 Å². The lowest BCUT2D eigenvalue weighted by atomic mass is 10.3. The highest BCUT2D eigenvalue weighted by Gasteiger charge is 1.98. The zero-order valence-corrected chi connectivity index (χ0v) is 12.2. The molecule has 2 aromatic carbocycles. The molecule has 0 heterocycles. The SMILES string of the molecule is Fc1ccc(NNC(=S)Nc2cccc(Br)c2)cc1. The lowest BCUT2D eigenvalue weighted by molar-refractivity contribution is 0.628. The van der Waals surface area contributed by atoms with Crippen molar-refractivity contribution in [2.45, 2.75) is 0 Å². The van der Waals surface area contributed by atoms with Crippen LogP contribution in [0, 0.1) is 5.82 Å². The normalized spacial score (nSPS) is 9.79. The van der Waals surface area contributed by atoms with Gasteiger partial charge >= 0.3 is 0 Å². The standard InChI is InChI=1S/C13H11BrFN3S/c14-9-2-1-3-12(8-9)16-13(19)18-17-11-6-4-10(15)5-7-11/h1-8,17H,(H2,16,18,19). The van der Waals surface area contributed by atoms with E-state index in [9.17, 15) is 4.39 Å². The summed E-state index contributed by atoms with van der Waals surface area (Å²) >= 11 is 8.51. The van der Waals surface area contributed by atoms with E-state index in [0.29, 0.717) is 5.11 Å². The third-order valence-corrected chi connectivity index (χ3v) is 2.94. The van der Waals surface area contributed by atoms with Gasteiger partial charge in [-0.1, -0.05) is 22.0 Å². The molecule has 0 unspecified atom stereocenters. The minimum atomic E-state index is -0.277. The van der Waals surface area contributed by atoms with Crippen molar-refractivity contribution in [2.24, 2.45) is 0 Å². The van der Waals surface area contributed by atoms with Gasteiger partial charge in [0.05, 0.1) is 5.69 Å². The van der Waals surface area contributed by atoms with Gasteiger partial charge in [-0.15, -0.1) is 0 Å². The molecule has 2 aromatic rings. The molecule has 0 aliphatic rings. The van der Waals surface area contributed by atoms with Crippen molar-refractivity contribution < 1.29 is 4.39 Å². The predicted octanol–water partition coefficient (Wildman–Crippen LogP) is 3.90. The Bertz CT molecular complexity index is 574. The molecule has 0 fully saturated rings. The van der Waals surface area contributed by atoms with Crippen LogP contribution in [0.5, 0.6) is 0 Å². The van der Waals surface area contributed by atoms with Gasteiger partial charge in [0.1, 0.15) is 5.82 Å². The molecule has 6 heteroatoms. The molecule has 0 aromatic heterocycles. The molecule has 0 bridgehead atoms. The quantitative estimate of drug-likeness (QED) is 0.585. The van der Waals surface area contributed by atoms with Crippen molar-refractivity contribution in [1.82, 2.24) is 5.43 Å². The molecule has 0 atom stereocenters. The second-order valence-corrected chi connectivity index (χ2v) is 5.05. The topological polar surface area (TPSA) is 36.1 Å². The maximum absolute atomic E-state index is 12.7. The number of benzene rings is 2. The molecule has 0 amide bonds. The van der Waals surface area contributed by atoms with Gasteiger partial charge < -0.3 is 5.32 Å². The molecular formula is C13H11BrFN3S. The van der Waals surface area contributed by atoms with Gasteiger partial charge in [-0.05, 0) is 54.7 Å². The minimum absolute atomic E-state index is 0.277. The molecule has 0 saturated carbocycles. The van der Waals surface area contributed by atoms with Gasteiger partial charge in [0.2, 0.25) is 0 Å². The van der Waals surface area contributed by atoms with E-state index in [1.165, 1.54) is 12.1 Å². The van der Waals surface area contributed by atoms with Crippen LogP contribution in [0.2, 0.25) is 0 Å². The smallest absolute Gasteiger partial charge is 0.189 e. The summed E-state index contributed by atoms with van der Waals surface area (Å²) in [6, 6.07) is 13.6. The van der Waals surface area contributed by atoms with Gasteiger partial charge in [0, 0.05) is 10.2 Å². The lowest BCUT2D eigenvalue weighted by Crippen LogP contribution is -2.33. The van der Waals surface area contributed by atoms with E-state index >= 15 is 0 Å². The number of rotatable bonds is 3. The fourth-order valence-electron chi connectivity index (χ4n) is 1.39. The minimum Gasteiger partial charge on any atom is -0.331 e. The molecule has 98 valence electrons. The molecule has 2 rings (SSSR count). The van der Waals surface area contributed by atoms with Gasteiger partial charge in [-0.2, -0.15) is 0 Å². The Morgan fingerprint density at radius 1 is 1.05 bits per heavy atom.